The number of nitrogens with one attached hydrogen (secondary N) is 2. The Hall–Kier alpha value is -2.38. The lowest BCUT2D eigenvalue weighted by Gasteiger charge is -2.23. The first kappa shape index (κ1) is 13.6. The molecule has 0 aromatic carbocycles. The molecule has 0 aliphatic carbocycles. The van der Waals surface area contributed by atoms with Gasteiger partial charge in [-0.1, -0.05) is 5.16 Å². The van der Waals surface area contributed by atoms with Crippen molar-refractivity contribution in [2.24, 2.45) is 0 Å². The van der Waals surface area contributed by atoms with Gasteiger partial charge in [-0.05, 0) is 19.8 Å². The van der Waals surface area contributed by atoms with Crippen LogP contribution in [0.15, 0.2) is 10.6 Å². The van der Waals surface area contributed by atoms with E-state index in [1.165, 1.54) is 0 Å². The van der Waals surface area contributed by atoms with Gasteiger partial charge in [0.2, 0.25) is 5.91 Å². The van der Waals surface area contributed by atoms with Crippen molar-refractivity contribution < 1.29 is 18.9 Å². The summed E-state index contributed by atoms with van der Waals surface area (Å²) in [6.07, 6.45) is 1.66. The first-order valence-electron chi connectivity index (χ1n) is 6.88. The highest BCUT2D eigenvalue weighted by Gasteiger charge is 2.37. The standard InChI is InChI=1S/C13H16N4O4/c1-7-5-8(16-21-7)10-3-2-4-17(10)11(18)6-9-12(19)15-13(20)14-9/h5,9-10H,2-4,6H2,1H3,(H2,14,15,19,20)/t9-,10-/m1/s1. The summed E-state index contributed by atoms with van der Waals surface area (Å²) in [4.78, 5) is 36.6. The second kappa shape index (κ2) is 5.19. The van der Waals surface area contributed by atoms with Gasteiger partial charge in [0, 0.05) is 12.6 Å². The smallest absolute Gasteiger partial charge is 0.322 e. The molecule has 3 heterocycles. The highest BCUT2D eigenvalue weighted by atomic mass is 16.5. The lowest BCUT2D eigenvalue weighted by atomic mass is 10.1. The summed E-state index contributed by atoms with van der Waals surface area (Å²) in [6.45, 7) is 2.42. The Bertz CT molecular complexity index is 597. The van der Waals surface area contributed by atoms with Crippen LogP contribution in [-0.2, 0) is 9.59 Å². The number of likely N-dealkylation sites (tertiary alicyclic amines) is 1. The summed E-state index contributed by atoms with van der Waals surface area (Å²) >= 11 is 0. The van der Waals surface area contributed by atoms with Crippen molar-refractivity contribution in [3.05, 3.63) is 17.5 Å². The SMILES string of the molecule is Cc1cc([C@H]2CCCN2C(=O)C[C@H]2NC(=O)NC2=O)no1. The first-order valence-corrected chi connectivity index (χ1v) is 6.88. The number of nitrogens with zero attached hydrogens (tertiary/aromatic N) is 2. The molecule has 2 N–H and O–H groups in total. The molecule has 21 heavy (non-hydrogen) atoms. The molecule has 2 aliphatic rings. The zero-order valence-corrected chi connectivity index (χ0v) is 11.6. The van der Waals surface area contributed by atoms with Crippen molar-refractivity contribution in [1.29, 1.82) is 0 Å². The van der Waals surface area contributed by atoms with Crippen LogP contribution in [-0.4, -0.2) is 40.5 Å². The van der Waals surface area contributed by atoms with E-state index in [0.29, 0.717) is 12.3 Å². The molecule has 2 saturated heterocycles. The molecule has 0 unspecified atom stereocenters. The fourth-order valence-electron chi connectivity index (χ4n) is 2.81. The minimum absolute atomic E-state index is 0.0368. The normalized spacial score (nSPS) is 25.1. The van der Waals surface area contributed by atoms with Gasteiger partial charge in [0.25, 0.3) is 5.91 Å². The van der Waals surface area contributed by atoms with E-state index in [0.717, 1.165) is 18.5 Å². The molecular formula is C13H16N4O4. The predicted molar refractivity (Wildman–Crippen MR) is 70.0 cm³/mol. The summed E-state index contributed by atoms with van der Waals surface area (Å²) < 4.78 is 5.06. The van der Waals surface area contributed by atoms with Crippen LogP contribution in [0.3, 0.4) is 0 Å². The fraction of sp³-hybridized carbons (Fsp3) is 0.538. The maximum absolute atomic E-state index is 12.4. The van der Waals surface area contributed by atoms with Crippen LogP contribution in [0.25, 0.3) is 0 Å². The van der Waals surface area contributed by atoms with Crippen molar-refractivity contribution in [3.8, 4) is 0 Å². The third-order valence-corrected chi connectivity index (χ3v) is 3.80. The number of amides is 4. The van der Waals surface area contributed by atoms with Crippen molar-refractivity contribution in [2.45, 2.75) is 38.3 Å². The Morgan fingerprint density at radius 3 is 2.95 bits per heavy atom. The molecule has 2 aliphatic heterocycles. The Labute approximate surface area is 120 Å². The lowest BCUT2D eigenvalue weighted by Crippen LogP contribution is -2.38. The molecular weight excluding hydrogens is 276 g/mol. The van der Waals surface area contributed by atoms with E-state index in [2.05, 4.69) is 15.8 Å². The van der Waals surface area contributed by atoms with Gasteiger partial charge in [-0.15, -0.1) is 0 Å². The summed E-state index contributed by atoms with van der Waals surface area (Å²) in [5, 5.41) is 8.53. The number of carbonyl (C=O) groups is 3. The quantitative estimate of drug-likeness (QED) is 0.777. The summed E-state index contributed by atoms with van der Waals surface area (Å²) in [5.74, 6) is 0.0774. The van der Waals surface area contributed by atoms with Gasteiger partial charge in [0.15, 0.2) is 0 Å². The molecule has 0 spiro atoms. The largest absolute Gasteiger partial charge is 0.361 e. The zero-order valence-electron chi connectivity index (χ0n) is 11.6. The van der Waals surface area contributed by atoms with Crippen molar-refractivity contribution in [1.82, 2.24) is 20.7 Å². The van der Waals surface area contributed by atoms with Crippen LogP contribution >= 0.6 is 0 Å². The topological polar surface area (TPSA) is 105 Å². The Morgan fingerprint density at radius 2 is 2.33 bits per heavy atom. The second-order valence-corrected chi connectivity index (χ2v) is 5.33. The van der Waals surface area contributed by atoms with Gasteiger partial charge in [-0.2, -0.15) is 0 Å². The molecule has 2 atom stereocenters. The van der Waals surface area contributed by atoms with E-state index in [1.54, 1.807) is 11.8 Å². The summed E-state index contributed by atoms with van der Waals surface area (Å²) in [7, 11) is 0. The zero-order chi connectivity index (χ0) is 15.0. The Balaban J connectivity index is 1.69. The van der Waals surface area contributed by atoms with Gasteiger partial charge in [0.05, 0.1) is 12.5 Å². The molecule has 1 aromatic heterocycles. The van der Waals surface area contributed by atoms with Crippen LogP contribution < -0.4 is 10.6 Å². The highest BCUT2D eigenvalue weighted by molar-refractivity contribution is 6.05. The molecule has 0 radical (unpaired) electrons. The van der Waals surface area contributed by atoms with Crippen LogP contribution in [0.2, 0.25) is 0 Å². The minimum Gasteiger partial charge on any atom is -0.361 e. The third kappa shape index (κ3) is 2.61. The van der Waals surface area contributed by atoms with Crippen LogP contribution in [0.1, 0.15) is 36.8 Å². The molecule has 2 fully saturated rings. The molecule has 112 valence electrons. The average molecular weight is 292 g/mol. The Kier molecular flexibility index (Phi) is 3.36. The Morgan fingerprint density at radius 1 is 1.52 bits per heavy atom. The van der Waals surface area contributed by atoms with Crippen molar-refractivity contribution >= 4 is 17.8 Å². The number of hydrogen-bond donors (Lipinski definition) is 2. The van der Waals surface area contributed by atoms with E-state index >= 15 is 0 Å². The lowest BCUT2D eigenvalue weighted by molar-refractivity contribution is -0.134. The van der Waals surface area contributed by atoms with E-state index < -0.39 is 18.0 Å². The molecule has 1 aromatic rings. The van der Waals surface area contributed by atoms with Gasteiger partial charge in [-0.3, -0.25) is 14.9 Å². The molecule has 0 saturated carbocycles. The van der Waals surface area contributed by atoms with Gasteiger partial charge in [0.1, 0.15) is 17.5 Å². The number of aryl methyl sites for hydroxylation is 1. The summed E-state index contributed by atoms with van der Waals surface area (Å²) in [5.41, 5.74) is 0.734. The van der Waals surface area contributed by atoms with Gasteiger partial charge < -0.3 is 14.7 Å². The monoisotopic (exact) mass is 292 g/mol. The number of aromatic nitrogens is 1. The average Bonchev–Trinajstić information content (AvgIpc) is 3.10. The molecule has 4 amide bonds. The van der Waals surface area contributed by atoms with Crippen LogP contribution in [0.4, 0.5) is 4.79 Å². The van der Waals surface area contributed by atoms with Crippen molar-refractivity contribution in [3.63, 3.8) is 0 Å². The fourth-order valence-corrected chi connectivity index (χ4v) is 2.81. The number of imide groups is 1. The van der Waals surface area contributed by atoms with E-state index in [4.69, 9.17) is 4.52 Å². The number of urea groups is 1. The third-order valence-electron chi connectivity index (χ3n) is 3.80. The van der Waals surface area contributed by atoms with E-state index in [-0.39, 0.29) is 18.4 Å². The molecule has 0 bridgehead atoms. The first-order chi connectivity index (χ1) is 10.0. The number of carbonyl (C=O) groups excluding carboxylic acids is 3. The predicted octanol–water partition coefficient (Wildman–Crippen LogP) is 0.245. The molecule has 8 heteroatoms. The molecule has 8 nitrogen and oxygen atoms in total. The second-order valence-electron chi connectivity index (χ2n) is 5.33. The number of hydrogen-bond acceptors (Lipinski definition) is 5. The highest BCUT2D eigenvalue weighted by Crippen LogP contribution is 2.32. The minimum atomic E-state index is -0.787. The summed E-state index contributed by atoms with van der Waals surface area (Å²) in [6, 6.07) is 0.364. The van der Waals surface area contributed by atoms with Crippen LogP contribution in [0, 0.1) is 6.92 Å². The number of rotatable bonds is 3. The van der Waals surface area contributed by atoms with E-state index in [9.17, 15) is 14.4 Å². The maximum atomic E-state index is 12.4. The van der Waals surface area contributed by atoms with Gasteiger partial charge in [-0.25, -0.2) is 4.79 Å². The van der Waals surface area contributed by atoms with Gasteiger partial charge >= 0.3 is 6.03 Å². The molecule has 3 rings (SSSR count). The van der Waals surface area contributed by atoms with Crippen molar-refractivity contribution in [2.75, 3.05) is 6.54 Å². The van der Waals surface area contributed by atoms with Crippen LogP contribution in [0.5, 0.6) is 0 Å². The van der Waals surface area contributed by atoms with E-state index in [1.807, 2.05) is 6.07 Å². The maximum Gasteiger partial charge on any atom is 0.322 e.